The lowest BCUT2D eigenvalue weighted by Gasteiger charge is -2.36. The van der Waals surface area contributed by atoms with E-state index in [-0.39, 0.29) is 6.09 Å². The van der Waals surface area contributed by atoms with Gasteiger partial charge in [-0.1, -0.05) is 20.3 Å². The van der Waals surface area contributed by atoms with Crippen molar-refractivity contribution in [2.24, 2.45) is 11.8 Å². The van der Waals surface area contributed by atoms with Crippen LogP contribution in [0.2, 0.25) is 0 Å². The molecule has 112 valence electrons. The zero-order chi connectivity index (χ0) is 14.5. The first-order valence-corrected chi connectivity index (χ1v) is 7.49. The van der Waals surface area contributed by atoms with Gasteiger partial charge in [-0.25, -0.2) is 4.79 Å². The largest absolute Gasteiger partial charge is 0.444 e. The molecule has 1 fully saturated rings. The van der Waals surface area contributed by atoms with Crippen LogP contribution >= 0.6 is 0 Å². The maximum Gasteiger partial charge on any atom is 0.407 e. The van der Waals surface area contributed by atoms with Crippen molar-refractivity contribution in [2.45, 2.75) is 53.1 Å². The number of likely N-dealkylation sites (tertiary alicyclic amines) is 1. The van der Waals surface area contributed by atoms with Gasteiger partial charge in [0.1, 0.15) is 5.60 Å². The van der Waals surface area contributed by atoms with Gasteiger partial charge in [-0.15, -0.1) is 0 Å². The maximum atomic E-state index is 11.5. The minimum Gasteiger partial charge on any atom is -0.444 e. The Kier molecular flexibility index (Phi) is 6.11. The summed E-state index contributed by atoms with van der Waals surface area (Å²) in [7, 11) is 0. The van der Waals surface area contributed by atoms with Crippen molar-refractivity contribution in [3.63, 3.8) is 0 Å². The van der Waals surface area contributed by atoms with E-state index in [2.05, 4.69) is 24.1 Å². The number of carbonyl (C=O) groups excluding carboxylic acids is 1. The van der Waals surface area contributed by atoms with Gasteiger partial charge in [0.15, 0.2) is 0 Å². The zero-order valence-corrected chi connectivity index (χ0v) is 13.2. The number of piperidine rings is 1. The Morgan fingerprint density at radius 3 is 2.63 bits per heavy atom. The number of amides is 1. The van der Waals surface area contributed by atoms with Gasteiger partial charge in [0.05, 0.1) is 0 Å². The molecule has 0 bridgehead atoms. The summed E-state index contributed by atoms with van der Waals surface area (Å²) in [6, 6.07) is 0. The van der Waals surface area contributed by atoms with Crippen LogP contribution in [0, 0.1) is 11.8 Å². The van der Waals surface area contributed by atoms with Crippen LogP contribution in [0.25, 0.3) is 0 Å². The molecule has 1 aliphatic heterocycles. The predicted octanol–water partition coefficient (Wildman–Crippen LogP) is 2.88. The first-order chi connectivity index (χ1) is 8.80. The number of nitrogens with zero attached hydrogens (tertiary/aromatic N) is 1. The molecule has 2 unspecified atom stereocenters. The van der Waals surface area contributed by atoms with Crippen molar-refractivity contribution in [3.8, 4) is 0 Å². The normalized spacial score (nSPS) is 25.1. The lowest BCUT2D eigenvalue weighted by Crippen LogP contribution is -2.44. The van der Waals surface area contributed by atoms with Crippen molar-refractivity contribution in [1.82, 2.24) is 10.2 Å². The Balaban J connectivity index is 2.23. The molecule has 0 aromatic heterocycles. The molecule has 1 aliphatic rings. The van der Waals surface area contributed by atoms with Crippen molar-refractivity contribution in [2.75, 3.05) is 26.2 Å². The molecule has 1 N–H and O–H groups in total. The van der Waals surface area contributed by atoms with Gasteiger partial charge >= 0.3 is 6.09 Å². The predicted molar refractivity (Wildman–Crippen MR) is 78.2 cm³/mol. The molecular formula is C15H30N2O2. The monoisotopic (exact) mass is 270 g/mol. The van der Waals surface area contributed by atoms with E-state index in [1.165, 1.54) is 12.8 Å². The molecule has 0 saturated carbocycles. The van der Waals surface area contributed by atoms with Crippen LogP contribution in [-0.4, -0.2) is 42.8 Å². The molecule has 1 amide bonds. The average Bonchev–Trinajstić information content (AvgIpc) is 2.25. The van der Waals surface area contributed by atoms with Crippen molar-refractivity contribution < 1.29 is 9.53 Å². The van der Waals surface area contributed by atoms with E-state index in [1.807, 2.05) is 20.8 Å². The third kappa shape index (κ3) is 6.81. The minimum atomic E-state index is -0.420. The van der Waals surface area contributed by atoms with E-state index in [0.717, 1.165) is 31.5 Å². The second kappa shape index (κ2) is 7.13. The highest BCUT2D eigenvalue weighted by molar-refractivity contribution is 5.67. The number of nitrogens with one attached hydrogen (secondary N) is 1. The van der Waals surface area contributed by atoms with Crippen molar-refractivity contribution >= 4 is 6.09 Å². The lowest BCUT2D eigenvalue weighted by molar-refractivity contribution is 0.0514. The van der Waals surface area contributed by atoms with Crippen LogP contribution in [0.5, 0.6) is 0 Å². The summed E-state index contributed by atoms with van der Waals surface area (Å²) in [6.07, 6.45) is 2.27. The third-order valence-electron chi connectivity index (χ3n) is 3.50. The second-order valence-electron chi connectivity index (χ2n) is 6.80. The first kappa shape index (κ1) is 16.3. The van der Waals surface area contributed by atoms with E-state index < -0.39 is 5.60 Å². The summed E-state index contributed by atoms with van der Waals surface area (Å²) in [5, 5.41) is 2.83. The lowest BCUT2D eigenvalue weighted by atomic mass is 9.89. The first-order valence-electron chi connectivity index (χ1n) is 7.49. The van der Waals surface area contributed by atoms with Crippen LogP contribution in [0.3, 0.4) is 0 Å². The topological polar surface area (TPSA) is 41.6 Å². The van der Waals surface area contributed by atoms with Gasteiger partial charge in [0.2, 0.25) is 0 Å². The highest BCUT2D eigenvalue weighted by Crippen LogP contribution is 2.23. The fourth-order valence-corrected chi connectivity index (χ4v) is 2.71. The molecule has 0 aromatic carbocycles. The fourth-order valence-electron chi connectivity index (χ4n) is 2.71. The molecule has 0 radical (unpaired) electrons. The smallest absolute Gasteiger partial charge is 0.407 e. The van der Waals surface area contributed by atoms with Gasteiger partial charge in [-0.3, -0.25) is 0 Å². The Morgan fingerprint density at radius 2 is 2.05 bits per heavy atom. The summed E-state index contributed by atoms with van der Waals surface area (Å²) in [5.41, 5.74) is -0.420. The number of hydrogen-bond acceptors (Lipinski definition) is 3. The van der Waals surface area contributed by atoms with Crippen LogP contribution in [0.4, 0.5) is 4.79 Å². The molecule has 1 rings (SSSR count). The Labute approximate surface area is 117 Å². The zero-order valence-electron chi connectivity index (χ0n) is 13.2. The van der Waals surface area contributed by atoms with E-state index in [9.17, 15) is 4.79 Å². The summed E-state index contributed by atoms with van der Waals surface area (Å²) >= 11 is 0. The minimum absolute atomic E-state index is 0.315. The number of alkyl carbamates (subject to hydrolysis) is 1. The van der Waals surface area contributed by atoms with Crippen LogP contribution in [0.15, 0.2) is 0 Å². The Bertz CT molecular complexity index is 286. The molecule has 4 heteroatoms. The number of hydrogen-bond donors (Lipinski definition) is 1. The summed E-state index contributed by atoms with van der Waals surface area (Å²) < 4.78 is 5.22. The van der Waals surface area contributed by atoms with Crippen LogP contribution in [0.1, 0.15) is 47.5 Å². The van der Waals surface area contributed by atoms with E-state index in [1.54, 1.807) is 0 Å². The molecule has 0 spiro atoms. The Hall–Kier alpha value is -0.770. The second-order valence-corrected chi connectivity index (χ2v) is 6.80. The van der Waals surface area contributed by atoms with E-state index in [0.29, 0.717) is 6.54 Å². The fraction of sp³-hybridized carbons (Fsp3) is 0.933. The highest BCUT2D eigenvalue weighted by atomic mass is 16.6. The molecule has 0 aromatic rings. The average molecular weight is 270 g/mol. The van der Waals surface area contributed by atoms with Gasteiger partial charge in [0.25, 0.3) is 0 Å². The molecule has 2 atom stereocenters. The number of rotatable bonds is 4. The van der Waals surface area contributed by atoms with Crippen LogP contribution in [-0.2, 0) is 4.74 Å². The molecule has 4 nitrogen and oxygen atoms in total. The van der Waals surface area contributed by atoms with Gasteiger partial charge in [-0.2, -0.15) is 0 Å². The molecule has 1 heterocycles. The molecular weight excluding hydrogens is 240 g/mol. The molecule has 19 heavy (non-hydrogen) atoms. The van der Waals surface area contributed by atoms with Crippen molar-refractivity contribution in [3.05, 3.63) is 0 Å². The number of ether oxygens (including phenoxy) is 1. The third-order valence-corrected chi connectivity index (χ3v) is 3.50. The van der Waals surface area contributed by atoms with E-state index >= 15 is 0 Å². The van der Waals surface area contributed by atoms with Gasteiger partial charge in [0, 0.05) is 26.2 Å². The highest BCUT2D eigenvalue weighted by Gasteiger charge is 2.23. The summed E-state index contributed by atoms with van der Waals surface area (Å²) in [5.74, 6) is 1.57. The van der Waals surface area contributed by atoms with Gasteiger partial charge in [-0.05, 0) is 39.0 Å². The van der Waals surface area contributed by atoms with E-state index in [4.69, 9.17) is 4.74 Å². The Morgan fingerprint density at radius 1 is 1.37 bits per heavy atom. The number of carbonyl (C=O) groups is 1. The molecule has 0 aliphatic carbocycles. The SMILES string of the molecule is CCC1CC(C)CN(CCNC(=O)OC(C)(C)C)C1. The summed E-state index contributed by atoms with van der Waals surface area (Å²) in [6.45, 7) is 14.1. The quantitative estimate of drug-likeness (QED) is 0.854. The maximum absolute atomic E-state index is 11.5. The van der Waals surface area contributed by atoms with Crippen LogP contribution < -0.4 is 5.32 Å². The molecule has 1 saturated heterocycles. The van der Waals surface area contributed by atoms with Crippen molar-refractivity contribution in [1.29, 1.82) is 0 Å². The van der Waals surface area contributed by atoms with Gasteiger partial charge < -0.3 is 15.0 Å². The summed E-state index contributed by atoms with van der Waals surface area (Å²) in [4.78, 5) is 14.0. The standard InChI is InChI=1S/C15H30N2O2/c1-6-13-9-12(2)10-17(11-13)8-7-16-14(18)19-15(3,4)5/h12-13H,6-11H2,1-5H3,(H,16,18).